The first-order valence-electron chi connectivity index (χ1n) is 10.1. The largest absolute Gasteiger partial charge is 0.339 e. The minimum absolute atomic E-state index is 0.341. The van der Waals surface area contributed by atoms with Crippen LogP contribution in [0.2, 0.25) is 0 Å². The Morgan fingerprint density at radius 2 is 1.21 bits per heavy atom. The third-order valence-corrected chi connectivity index (χ3v) is 6.32. The molecule has 2 heterocycles. The van der Waals surface area contributed by atoms with E-state index in [2.05, 4.69) is 94.4 Å². The van der Waals surface area contributed by atoms with E-state index in [0.29, 0.717) is 0 Å². The lowest BCUT2D eigenvalue weighted by atomic mass is 9.90. The zero-order chi connectivity index (χ0) is 20.2. The summed E-state index contributed by atoms with van der Waals surface area (Å²) in [5.41, 5.74) is 3.44. The van der Waals surface area contributed by atoms with Gasteiger partial charge in [-0.05, 0) is 39.1 Å². The van der Waals surface area contributed by atoms with Gasteiger partial charge in [-0.1, -0.05) is 66.7 Å². The van der Waals surface area contributed by atoms with Crippen molar-refractivity contribution in [3.8, 4) is 11.3 Å². The van der Waals surface area contributed by atoms with Gasteiger partial charge < -0.3 is 9.47 Å². The molecule has 0 atom stereocenters. The maximum Gasteiger partial charge on any atom is 0.185 e. The minimum Gasteiger partial charge on any atom is -0.339 e. The van der Waals surface area contributed by atoms with Gasteiger partial charge in [0.15, 0.2) is 6.29 Å². The van der Waals surface area contributed by atoms with E-state index in [4.69, 9.17) is 14.5 Å². The first-order valence-corrected chi connectivity index (χ1v) is 10.1. The third-order valence-electron chi connectivity index (χ3n) is 6.32. The number of fused-ring (bicyclic) bond motifs is 3. The second-order valence-electron chi connectivity index (χ2n) is 8.73. The molecule has 1 saturated heterocycles. The molecule has 1 fully saturated rings. The molecule has 1 aliphatic rings. The standard InChI is InChI=1S/C26H25NO2/c1-25(2)26(3,4)29-24(28-25)18-15-13-17(14-16-18)23-21-11-6-5-9-19(21)20-10-7-8-12-22(20)27-23/h5-16,24H,1-4H3. The van der Waals surface area contributed by atoms with Crippen LogP contribution < -0.4 is 0 Å². The summed E-state index contributed by atoms with van der Waals surface area (Å²) >= 11 is 0. The van der Waals surface area contributed by atoms with Gasteiger partial charge in [-0.25, -0.2) is 4.98 Å². The Kier molecular flexibility index (Phi) is 4.02. The maximum atomic E-state index is 6.19. The lowest BCUT2D eigenvalue weighted by molar-refractivity contribution is -0.0895. The number of aromatic nitrogens is 1. The van der Waals surface area contributed by atoms with Gasteiger partial charge in [0.1, 0.15) is 0 Å². The number of para-hydroxylation sites is 1. The number of hydrogen-bond donors (Lipinski definition) is 0. The summed E-state index contributed by atoms with van der Waals surface area (Å²) in [7, 11) is 0. The molecule has 29 heavy (non-hydrogen) atoms. The summed E-state index contributed by atoms with van der Waals surface area (Å²) < 4.78 is 12.4. The van der Waals surface area contributed by atoms with Gasteiger partial charge in [0.2, 0.25) is 0 Å². The van der Waals surface area contributed by atoms with Crippen molar-refractivity contribution in [3.05, 3.63) is 78.4 Å². The number of pyridine rings is 1. The SMILES string of the molecule is CC1(C)OC(c2ccc(-c3nc4ccccc4c4ccccc34)cc2)OC1(C)C. The summed E-state index contributed by atoms with van der Waals surface area (Å²) in [5.74, 6) is 0. The van der Waals surface area contributed by atoms with E-state index < -0.39 is 0 Å². The van der Waals surface area contributed by atoms with Crippen LogP contribution in [0.15, 0.2) is 72.8 Å². The van der Waals surface area contributed by atoms with Crippen molar-refractivity contribution in [1.29, 1.82) is 0 Å². The monoisotopic (exact) mass is 383 g/mol. The molecule has 1 aromatic heterocycles. The van der Waals surface area contributed by atoms with Crippen molar-refractivity contribution in [2.24, 2.45) is 0 Å². The molecule has 1 aliphatic heterocycles. The van der Waals surface area contributed by atoms with Gasteiger partial charge in [-0.15, -0.1) is 0 Å². The molecule has 0 spiro atoms. The van der Waals surface area contributed by atoms with Crippen molar-refractivity contribution >= 4 is 21.7 Å². The average Bonchev–Trinajstić information content (AvgIpc) is 2.95. The first kappa shape index (κ1) is 18.3. The number of benzene rings is 3. The van der Waals surface area contributed by atoms with Gasteiger partial charge in [0.25, 0.3) is 0 Å². The fourth-order valence-electron chi connectivity index (χ4n) is 3.90. The highest BCUT2D eigenvalue weighted by molar-refractivity contribution is 6.10. The molecule has 3 aromatic carbocycles. The number of ether oxygens (including phenoxy) is 2. The van der Waals surface area contributed by atoms with E-state index in [1.807, 2.05) is 6.07 Å². The lowest BCUT2D eigenvalue weighted by Crippen LogP contribution is -2.41. The van der Waals surface area contributed by atoms with Crippen molar-refractivity contribution in [2.45, 2.75) is 45.2 Å². The average molecular weight is 383 g/mol. The molecular formula is C26H25NO2. The lowest BCUT2D eigenvalue weighted by Gasteiger charge is -2.30. The summed E-state index contributed by atoms with van der Waals surface area (Å²) in [6.07, 6.45) is -0.352. The van der Waals surface area contributed by atoms with E-state index in [1.165, 1.54) is 10.8 Å². The van der Waals surface area contributed by atoms with Gasteiger partial charge in [0.05, 0.1) is 22.4 Å². The van der Waals surface area contributed by atoms with Gasteiger partial charge >= 0.3 is 0 Å². The van der Waals surface area contributed by atoms with Crippen molar-refractivity contribution < 1.29 is 9.47 Å². The summed E-state index contributed by atoms with van der Waals surface area (Å²) in [5, 5.41) is 3.57. The molecule has 146 valence electrons. The Morgan fingerprint density at radius 1 is 0.655 bits per heavy atom. The predicted octanol–water partition coefficient (Wildman–Crippen LogP) is 6.66. The predicted molar refractivity (Wildman–Crippen MR) is 118 cm³/mol. The Balaban J connectivity index is 1.58. The van der Waals surface area contributed by atoms with Crippen LogP contribution in [0, 0.1) is 0 Å². The van der Waals surface area contributed by atoms with Crippen LogP contribution in [0.4, 0.5) is 0 Å². The quantitative estimate of drug-likeness (QED) is 0.363. The Hall–Kier alpha value is -2.75. The van der Waals surface area contributed by atoms with Crippen LogP contribution in [0.25, 0.3) is 32.9 Å². The summed E-state index contributed by atoms with van der Waals surface area (Å²) in [6, 6.07) is 25.2. The zero-order valence-corrected chi connectivity index (χ0v) is 17.3. The summed E-state index contributed by atoms with van der Waals surface area (Å²) in [6.45, 7) is 8.30. The van der Waals surface area contributed by atoms with Crippen LogP contribution in [-0.2, 0) is 9.47 Å². The molecule has 0 radical (unpaired) electrons. The van der Waals surface area contributed by atoms with E-state index in [9.17, 15) is 0 Å². The number of hydrogen-bond acceptors (Lipinski definition) is 3. The normalized spacial score (nSPS) is 18.5. The van der Waals surface area contributed by atoms with Crippen LogP contribution in [-0.4, -0.2) is 16.2 Å². The van der Waals surface area contributed by atoms with Crippen molar-refractivity contribution in [3.63, 3.8) is 0 Å². The highest BCUT2D eigenvalue weighted by atomic mass is 16.7. The molecule has 0 aliphatic carbocycles. The Bertz CT molecular complexity index is 1190. The molecular weight excluding hydrogens is 358 g/mol. The highest BCUT2D eigenvalue weighted by Crippen LogP contribution is 2.45. The van der Waals surface area contributed by atoms with Crippen LogP contribution in [0.1, 0.15) is 39.5 Å². The second-order valence-corrected chi connectivity index (χ2v) is 8.73. The Labute approximate surface area is 171 Å². The van der Waals surface area contributed by atoms with Crippen LogP contribution in [0.3, 0.4) is 0 Å². The van der Waals surface area contributed by atoms with Crippen molar-refractivity contribution in [2.75, 3.05) is 0 Å². The fraction of sp³-hybridized carbons (Fsp3) is 0.269. The molecule has 0 saturated carbocycles. The van der Waals surface area contributed by atoms with Gasteiger partial charge in [-0.3, -0.25) is 0 Å². The number of nitrogens with zero attached hydrogens (tertiary/aromatic N) is 1. The van der Waals surface area contributed by atoms with Gasteiger partial charge in [0, 0.05) is 21.9 Å². The molecule has 3 heteroatoms. The smallest absolute Gasteiger partial charge is 0.185 e. The Morgan fingerprint density at radius 3 is 1.86 bits per heavy atom. The van der Waals surface area contributed by atoms with E-state index in [-0.39, 0.29) is 17.5 Å². The third kappa shape index (κ3) is 2.93. The fourth-order valence-corrected chi connectivity index (χ4v) is 3.90. The molecule has 0 bridgehead atoms. The highest BCUT2D eigenvalue weighted by Gasteiger charge is 2.49. The zero-order valence-electron chi connectivity index (χ0n) is 17.3. The molecule has 4 aromatic rings. The van der Waals surface area contributed by atoms with E-state index >= 15 is 0 Å². The van der Waals surface area contributed by atoms with Crippen molar-refractivity contribution in [1.82, 2.24) is 4.98 Å². The summed E-state index contributed by atoms with van der Waals surface area (Å²) in [4.78, 5) is 4.98. The second kappa shape index (κ2) is 6.38. The van der Waals surface area contributed by atoms with E-state index in [0.717, 1.165) is 27.7 Å². The van der Waals surface area contributed by atoms with Gasteiger partial charge in [-0.2, -0.15) is 0 Å². The van der Waals surface area contributed by atoms with Crippen LogP contribution in [0.5, 0.6) is 0 Å². The molecule has 0 amide bonds. The first-order chi connectivity index (χ1) is 13.9. The maximum absolute atomic E-state index is 6.19. The molecule has 3 nitrogen and oxygen atoms in total. The van der Waals surface area contributed by atoms with Crippen LogP contribution >= 0.6 is 0 Å². The topological polar surface area (TPSA) is 31.4 Å². The molecule has 5 rings (SSSR count). The van der Waals surface area contributed by atoms with E-state index in [1.54, 1.807) is 0 Å². The minimum atomic E-state index is -0.352. The molecule has 0 unspecified atom stereocenters. The number of rotatable bonds is 2. The molecule has 0 N–H and O–H groups in total.